The molecule has 0 fully saturated rings. The third-order valence-electron chi connectivity index (χ3n) is 5.27. The van der Waals surface area contributed by atoms with Gasteiger partial charge in [0.15, 0.2) is 0 Å². The van der Waals surface area contributed by atoms with Gasteiger partial charge in [0.1, 0.15) is 5.75 Å². The molecule has 0 aliphatic heterocycles. The van der Waals surface area contributed by atoms with Crippen LogP contribution in [0.5, 0.6) is 5.75 Å². The van der Waals surface area contributed by atoms with Gasteiger partial charge in [0.05, 0.1) is 17.0 Å². The molecule has 0 saturated carbocycles. The van der Waals surface area contributed by atoms with E-state index < -0.39 is 28.2 Å². The highest BCUT2D eigenvalue weighted by molar-refractivity contribution is 7.89. The summed E-state index contributed by atoms with van der Waals surface area (Å²) in [6, 6.07) is 19.6. The number of aliphatic hydroxyl groups excluding tert-OH is 1. The molecule has 0 radical (unpaired) electrons. The number of ether oxygens (including phenoxy) is 1. The lowest BCUT2D eigenvalue weighted by Gasteiger charge is -2.19. The van der Waals surface area contributed by atoms with Gasteiger partial charge in [-0.05, 0) is 46.5 Å². The molecule has 1 unspecified atom stereocenters. The average molecular weight is 478 g/mol. The van der Waals surface area contributed by atoms with E-state index in [1.165, 1.54) is 0 Å². The second kappa shape index (κ2) is 9.14. The topological polar surface area (TPSA) is 87.7 Å². The zero-order valence-corrected chi connectivity index (χ0v) is 18.0. The number of nitrogens with one attached hydrogen (secondary N) is 2. The third kappa shape index (κ3) is 5.36. The number of halogens is 3. The fourth-order valence-corrected chi connectivity index (χ4v) is 4.88. The molecule has 3 aromatic rings. The van der Waals surface area contributed by atoms with Crippen LogP contribution in [0.15, 0.2) is 77.7 Å². The number of aliphatic hydroxyl groups is 1. The van der Waals surface area contributed by atoms with Crippen molar-refractivity contribution in [1.82, 2.24) is 10.0 Å². The summed E-state index contributed by atoms with van der Waals surface area (Å²) in [4.78, 5) is -0.240. The molecule has 0 saturated heterocycles. The minimum Gasteiger partial charge on any atom is -0.406 e. The van der Waals surface area contributed by atoms with Crippen molar-refractivity contribution in [2.45, 2.75) is 23.4 Å². The molecule has 0 aromatic heterocycles. The lowest BCUT2D eigenvalue weighted by molar-refractivity contribution is -0.274. The van der Waals surface area contributed by atoms with Gasteiger partial charge in [-0.3, -0.25) is 0 Å². The first-order valence-corrected chi connectivity index (χ1v) is 11.6. The first kappa shape index (κ1) is 23.2. The van der Waals surface area contributed by atoms with Crippen LogP contribution in [0.4, 0.5) is 13.2 Å². The Morgan fingerprint density at radius 1 is 0.879 bits per heavy atom. The van der Waals surface area contributed by atoms with Gasteiger partial charge in [-0.2, -0.15) is 0 Å². The van der Waals surface area contributed by atoms with Gasteiger partial charge in [0.25, 0.3) is 0 Å². The molecule has 10 heteroatoms. The molecule has 3 aromatic carbocycles. The van der Waals surface area contributed by atoms with Crippen LogP contribution in [-0.2, 0) is 10.0 Å². The maximum atomic E-state index is 12.4. The predicted octanol–water partition coefficient (Wildman–Crippen LogP) is 3.58. The number of hydrogen-bond acceptors (Lipinski definition) is 5. The van der Waals surface area contributed by atoms with Crippen LogP contribution in [0.3, 0.4) is 0 Å². The molecule has 1 aliphatic rings. The Labute approximate surface area is 189 Å². The maximum absolute atomic E-state index is 12.4. The van der Waals surface area contributed by atoms with Crippen LogP contribution in [0.2, 0.25) is 0 Å². The van der Waals surface area contributed by atoms with Crippen molar-refractivity contribution < 1.29 is 31.4 Å². The molecule has 33 heavy (non-hydrogen) atoms. The Morgan fingerprint density at radius 3 is 1.97 bits per heavy atom. The predicted molar refractivity (Wildman–Crippen MR) is 116 cm³/mol. The van der Waals surface area contributed by atoms with Crippen molar-refractivity contribution >= 4 is 10.0 Å². The molecule has 3 N–H and O–H groups in total. The summed E-state index contributed by atoms with van der Waals surface area (Å²) in [5.74, 6) is -0.525. The van der Waals surface area contributed by atoms with Crippen molar-refractivity contribution in [2.24, 2.45) is 0 Å². The Morgan fingerprint density at radius 2 is 1.42 bits per heavy atom. The first-order chi connectivity index (χ1) is 15.6. The van der Waals surface area contributed by atoms with E-state index in [9.17, 15) is 26.7 Å². The van der Waals surface area contributed by atoms with Crippen molar-refractivity contribution in [1.29, 1.82) is 0 Å². The Balaban J connectivity index is 1.36. The average Bonchev–Trinajstić information content (AvgIpc) is 3.09. The molecular formula is C23H21F3N2O4S. The minimum atomic E-state index is -4.86. The smallest absolute Gasteiger partial charge is 0.406 e. The summed E-state index contributed by atoms with van der Waals surface area (Å²) in [5, 5.41) is 13.6. The van der Waals surface area contributed by atoms with Crippen molar-refractivity contribution in [2.75, 3.05) is 13.1 Å². The van der Waals surface area contributed by atoms with Crippen LogP contribution in [0.1, 0.15) is 17.2 Å². The summed E-state index contributed by atoms with van der Waals surface area (Å²) < 4.78 is 67.6. The Bertz CT molecular complexity index is 1190. The van der Waals surface area contributed by atoms with Gasteiger partial charge in [-0.15, -0.1) is 13.2 Å². The highest BCUT2D eigenvalue weighted by atomic mass is 32.2. The van der Waals surface area contributed by atoms with Gasteiger partial charge >= 0.3 is 6.36 Å². The van der Waals surface area contributed by atoms with Crippen molar-refractivity contribution in [3.8, 4) is 16.9 Å². The number of benzene rings is 3. The summed E-state index contributed by atoms with van der Waals surface area (Å²) >= 11 is 0. The van der Waals surface area contributed by atoms with E-state index in [4.69, 9.17) is 0 Å². The lowest BCUT2D eigenvalue weighted by Crippen LogP contribution is -2.39. The van der Waals surface area contributed by atoms with Gasteiger partial charge < -0.3 is 15.2 Å². The second-order valence-corrected chi connectivity index (χ2v) is 9.31. The Hall–Kier alpha value is -2.92. The molecule has 0 amide bonds. The zero-order valence-electron chi connectivity index (χ0n) is 17.2. The quantitative estimate of drug-likeness (QED) is 0.461. The minimum absolute atomic E-state index is 0.119. The second-order valence-electron chi connectivity index (χ2n) is 7.54. The lowest BCUT2D eigenvalue weighted by atomic mass is 10.1. The molecule has 6 nitrogen and oxygen atoms in total. The molecule has 0 bridgehead atoms. The van der Waals surface area contributed by atoms with Gasteiger partial charge in [-0.1, -0.05) is 48.5 Å². The number of fused-ring (bicyclic) bond motifs is 3. The molecule has 174 valence electrons. The number of alkyl halides is 3. The highest BCUT2D eigenvalue weighted by Gasteiger charge is 2.31. The SMILES string of the molecule is O=S(=O)(NCC(O)CNC1c2ccccc2-c2ccccc21)c1ccc(OC(F)(F)F)cc1. The molecule has 0 heterocycles. The molecule has 1 atom stereocenters. The van der Waals surface area contributed by atoms with Crippen LogP contribution < -0.4 is 14.8 Å². The van der Waals surface area contributed by atoms with E-state index in [-0.39, 0.29) is 24.0 Å². The maximum Gasteiger partial charge on any atom is 0.573 e. The summed E-state index contributed by atoms with van der Waals surface area (Å²) in [6.07, 6.45) is -5.90. The van der Waals surface area contributed by atoms with Crippen molar-refractivity contribution in [3.63, 3.8) is 0 Å². The van der Waals surface area contributed by atoms with E-state index in [2.05, 4.69) is 14.8 Å². The number of sulfonamides is 1. The number of rotatable bonds is 8. The zero-order chi connectivity index (χ0) is 23.6. The van der Waals surface area contributed by atoms with Gasteiger partial charge in [-0.25, -0.2) is 13.1 Å². The van der Waals surface area contributed by atoms with Crippen LogP contribution in [0, 0.1) is 0 Å². The van der Waals surface area contributed by atoms with E-state index >= 15 is 0 Å². The van der Waals surface area contributed by atoms with E-state index in [0.29, 0.717) is 0 Å². The molecular weight excluding hydrogens is 457 g/mol. The fraction of sp³-hybridized carbons (Fsp3) is 0.217. The monoisotopic (exact) mass is 478 g/mol. The van der Waals surface area contributed by atoms with Crippen molar-refractivity contribution in [3.05, 3.63) is 83.9 Å². The number of hydrogen-bond donors (Lipinski definition) is 3. The van der Waals surface area contributed by atoms with Crippen LogP contribution in [-0.4, -0.2) is 39.1 Å². The van der Waals surface area contributed by atoms with E-state index in [1.807, 2.05) is 48.5 Å². The Kier molecular flexibility index (Phi) is 6.44. The molecule has 4 rings (SSSR count). The van der Waals surface area contributed by atoms with E-state index in [0.717, 1.165) is 46.5 Å². The fourth-order valence-electron chi connectivity index (χ4n) is 3.81. The van der Waals surface area contributed by atoms with Gasteiger partial charge in [0, 0.05) is 13.1 Å². The normalized spacial score (nSPS) is 14.5. The summed E-state index contributed by atoms with van der Waals surface area (Å²) in [5.41, 5.74) is 4.37. The molecule has 1 aliphatic carbocycles. The van der Waals surface area contributed by atoms with Crippen LogP contribution >= 0.6 is 0 Å². The summed E-state index contributed by atoms with van der Waals surface area (Å²) in [7, 11) is -4.03. The van der Waals surface area contributed by atoms with E-state index in [1.54, 1.807) is 0 Å². The third-order valence-corrected chi connectivity index (χ3v) is 6.71. The summed E-state index contributed by atoms with van der Waals surface area (Å²) in [6.45, 7) is -0.152. The molecule has 0 spiro atoms. The van der Waals surface area contributed by atoms with Gasteiger partial charge in [0.2, 0.25) is 10.0 Å². The van der Waals surface area contributed by atoms with Crippen LogP contribution in [0.25, 0.3) is 11.1 Å². The standard InChI is InChI=1S/C23H21F3N2O4S/c24-23(25,26)32-16-9-11-17(12-10-16)33(30,31)28-14-15(29)13-27-22-20-7-3-1-5-18(20)19-6-2-4-8-21(19)22/h1-12,15,22,27-29H,13-14H2. The first-order valence-electron chi connectivity index (χ1n) is 10.1. The highest BCUT2D eigenvalue weighted by Crippen LogP contribution is 2.42. The largest absolute Gasteiger partial charge is 0.573 e.